The van der Waals surface area contributed by atoms with E-state index in [0.29, 0.717) is 21.4 Å². The molecule has 2 rings (SSSR count). The Morgan fingerprint density at radius 1 is 1.05 bits per heavy atom. The van der Waals surface area contributed by atoms with E-state index in [1.165, 1.54) is 0 Å². The van der Waals surface area contributed by atoms with Crippen LogP contribution >= 0.6 is 23.2 Å². The summed E-state index contributed by atoms with van der Waals surface area (Å²) < 4.78 is 5.57. The second-order valence-electron chi connectivity index (χ2n) is 4.07. The number of hydrogen-bond donors (Lipinski definition) is 0. The lowest BCUT2D eigenvalue weighted by Gasteiger charge is -2.14. The molecular formula is C15H12Cl2O2. The summed E-state index contributed by atoms with van der Waals surface area (Å²) in [5.41, 5.74) is 0.620. The number of carbonyl (C=O) groups is 1. The Labute approximate surface area is 121 Å². The molecule has 0 radical (unpaired) electrons. The fourth-order valence-corrected chi connectivity index (χ4v) is 1.93. The molecule has 0 amide bonds. The van der Waals surface area contributed by atoms with Crippen molar-refractivity contribution in [1.82, 2.24) is 0 Å². The standard InChI is InChI=1S/C15H12Cl2O2/c1-10(15(18)11-5-3-2-4-6-11)19-12-7-8-13(16)14(17)9-12/h2-10H,1H3. The number of rotatable bonds is 4. The smallest absolute Gasteiger partial charge is 0.202 e. The van der Waals surface area contributed by atoms with Crippen molar-refractivity contribution < 1.29 is 9.53 Å². The zero-order chi connectivity index (χ0) is 13.8. The molecule has 0 saturated carbocycles. The first-order valence-electron chi connectivity index (χ1n) is 5.79. The van der Waals surface area contributed by atoms with E-state index < -0.39 is 6.10 Å². The van der Waals surface area contributed by atoms with Gasteiger partial charge >= 0.3 is 0 Å². The van der Waals surface area contributed by atoms with Crippen molar-refractivity contribution in [3.8, 4) is 5.75 Å². The summed E-state index contributed by atoms with van der Waals surface area (Å²) in [5, 5.41) is 0.856. The summed E-state index contributed by atoms with van der Waals surface area (Å²) in [6.45, 7) is 1.71. The zero-order valence-electron chi connectivity index (χ0n) is 10.3. The van der Waals surface area contributed by atoms with Crippen LogP contribution in [0.2, 0.25) is 10.0 Å². The van der Waals surface area contributed by atoms with Crippen molar-refractivity contribution in [3.63, 3.8) is 0 Å². The quantitative estimate of drug-likeness (QED) is 0.768. The molecule has 0 aliphatic carbocycles. The van der Waals surface area contributed by atoms with Gasteiger partial charge in [-0.25, -0.2) is 0 Å². The summed E-state index contributed by atoms with van der Waals surface area (Å²) in [4.78, 5) is 12.1. The third kappa shape index (κ3) is 3.49. The zero-order valence-corrected chi connectivity index (χ0v) is 11.8. The fourth-order valence-electron chi connectivity index (χ4n) is 1.64. The number of halogens is 2. The summed E-state index contributed by atoms with van der Waals surface area (Å²) in [5.74, 6) is 0.442. The van der Waals surface area contributed by atoms with Gasteiger partial charge in [0.15, 0.2) is 6.10 Å². The van der Waals surface area contributed by atoms with E-state index in [9.17, 15) is 4.79 Å². The van der Waals surface area contributed by atoms with Gasteiger partial charge in [-0.15, -0.1) is 0 Å². The van der Waals surface area contributed by atoms with E-state index in [-0.39, 0.29) is 5.78 Å². The van der Waals surface area contributed by atoms with Gasteiger partial charge in [0.25, 0.3) is 0 Å². The monoisotopic (exact) mass is 294 g/mol. The molecule has 0 aliphatic rings. The van der Waals surface area contributed by atoms with Gasteiger partial charge in [0.05, 0.1) is 10.0 Å². The molecule has 0 aliphatic heterocycles. The third-order valence-electron chi connectivity index (χ3n) is 2.63. The number of ether oxygens (including phenoxy) is 1. The first kappa shape index (κ1) is 13.9. The molecule has 2 nitrogen and oxygen atoms in total. The van der Waals surface area contributed by atoms with Crippen molar-refractivity contribution in [2.75, 3.05) is 0 Å². The van der Waals surface area contributed by atoms with Crippen LogP contribution < -0.4 is 4.74 Å². The lowest BCUT2D eigenvalue weighted by atomic mass is 10.1. The van der Waals surface area contributed by atoms with Crippen LogP contribution in [0.1, 0.15) is 17.3 Å². The van der Waals surface area contributed by atoms with Crippen LogP contribution in [0.15, 0.2) is 48.5 Å². The molecule has 1 atom stereocenters. The maximum absolute atomic E-state index is 12.1. The minimum absolute atomic E-state index is 0.0772. The summed E-state index contributed by atoms with van der Waals surface area (Å²) in [6, 6.07) is 13.9. The maximum atomic E-state index is 12.1. The largest absolute Gasteiger partial charge is 0.483 e. The first-order valence-corrected chi connectivity index (χ1v) is 6.54. The molecule has 0 spiro atoms. The number of Topliss-reactive ketones (excluding diaryl/α,β-unsaturated/α-hetero) is 1. The van der Waals surface area contributed by atoms with Gasteiger partial charge in [0, 0.05) is 11.6 Å². The molecule has 98 valence electrons. The molecular weight excluding hydrogens is 283 g/mol. The lowest BCUT2D eigenvalue weighted by Crippen LogP contribution is -2.23. The van der Waals surface area contributed by atoms with Crippen molar-refractivity contribution >= 4 is 29.0 Å². The van der Waals surface area contributed by atoms with Crippen molar-refractivity contribution in [2.24, 2.45) is 0 Å². The predicted octanol–water partition coefficient (Wildman–Crippen LogP) is 4.64. The van der Waals surface area contributed by atoms with Gasteiger partial charge in [-0.05, 0) is 19.1 Å². The van der Waals surface area contributed by atoms with E-state index >= 15 is 0 Å². The van der Waals surface area contributed by atoms with Crippen LogP contribution in [0.5, 0.6) is 5.75 Å². The molecule has 4 heteroatoms. The van der Waals surface area contributed by atoms with Gasteiger partial charge in [-0.1, -0.05) is 53.5 Å². The van der Waals surface area contributed by atoms with Crippen molar-refractivity contribution in [2.45, 2.75) is 13.0 Å². The highest BCUT2D eigenvalue weighted by atomic mass is 35.5. The Hall–Kier alpha value is -1.51. The number of hydrogen-bond acceptors (Lipinski definition) is 2. The molecule has 2 aromatic carbocycles. The molecule has 2 aromatic rings. The van der Waals surface area contributed by atoms with Crippen LogP contribution in [0, 0.1) is 0 Å². The molecule has 1 unspecified atom stereocenters. The third-order valence-corrected chi connectivity index (χ3v) is 3.37. The average molecular weight is 295 g/mol. The van der Waals surface area contributed by atoms with Gasteiger partial charge in [-0.2, -0.15) is 0 Å². The molecule has 0 N–H and O–H groups in total. The molecule has 0 saturated heterocycles. The topological polar surface area (TPSA) is 26.3 Å². The maximum Gasteiger partial charge on any atom is 0.202 e. The first-order chi connectivity index (χ1) is 9.08. The van der Waals surface area contributed by atoms with Crippen LogP contribution in [0.4, 0.5) is 0 Å². The van der Waals surface area contributed by atoms with E-state index in [4.69, 9.17) is 27.9 Å². The summed E-state index contributed by atoms with van der Waals surface area (Å²) in [6.07, 6.45) is -0.584. The Morgan fingerprint density at radius 3 is 2.37 bits per heavy atom. The average Bonchev–Trinajstić information content (AvgIpc) is 2.43. The summed E-state index contributed by atoms with van der Waals surface area (Å²) >= 11 is 11.7. The van der Waals surface area contributed by atoms with E-state index in [1.54, 1.807) is 37.3 Å². The van der Waals surface area contributed by atoms with Crippen LogP contribution in [0.25, 0.3) is 0 Å². The van der Waals surface area contributed by atoms with Gasteiger partial charge in [-0.3, -0.25) is 4.79 Å². The Balaban J connectivity index is 2.10. The minimum atomic E-state index is -0.584. The highest BCUT2D eigenvalue weighted by Crippen LogP contribution is 2.27. The van der Waals surface area contributed by atoms with Gasteiger partial charge in [0.1, 0.15) is 5.75 Å². The van der Waals surface area contributed by atoms with E-state index in [2.05, 4.69) is 0 Å². The Bertz CT molecular complexity index is 582. The summed E-state index contributed by atoms with van der Waals surface area (Å²) in [7, 11) is 0. The van der Waals surface area contributed by atoms with Gasteiger partial charge < -0.3 is 4.74 Å². The molecule has 0 bridgehead atoms. The number of ketones is 1. The number of carbonyl (C=O) groups excluding carboxylic acids is 1. The Morgan fingerprint density at radius 2 is 1.74 bits per heavy atom. The minimum Gasteiger partial charge on any atom is -0.483 e. The molecule has 0 fully saturated rings. The second-order valence-corrected chi connectivity index (χ2v) is 4.88. The van der Waals surface area contributed by atoms with Crippen LogP contribution in [-0.2, 0) is 0 Å². The molecule has 0 aromatic heterocycles. The highest BCUT2D eigenvalue weighted by molar-refractivity contribution is 6.42. The van der Waals surface area contributed by atoms with E-state index in [1.807, 2.05) is 18.2 Å². The van der Waals surface area contributed by atoms with Crippen LogP contribution in [-0.4, -0.2) is 11.9 Å². The van der Waals surface area contributed by atoms with Crippen molar-refractivity contribution in [3.05, 3.63) is 64.1 Å². The Kier molecular flexibility index (Phi) is 4.46. The predicted molar refractivity (Wildman–Crippen MR) is 77.3 cm³/mol. The highest BCUT2D eigenvalue weighted by Gasteiger charge is 2.16. The lowest BCUT2D eigenvalue weighted by molar-refractivity contribution is 0.0818. The fraction of sp³-hybridized carbons (Fsp3) is 0.133. The SMILES string of the molecule is CC(Oc1ccc(Cl)c(Cl)c1)C(=O)c1ccccc1. The van der Waals surface area contributed by atoms with E-state index in [0.717, 1.165) is 0 Å². The molecule has 0 heterocycles. The normalized spacial score (nSPS) is 11.9. The van der Waals surface area contributed by atoms with Crippen LogP contribution in [0.3, 0.4) is 0 Å². The number of benzene rings is 2. The van der Waals surface area contributed by atoms with Gasteiger partial charge in [0.2, 0.25) is 5.78 Å². The molecule has 19 heavy (non-hydrogen) atoms. The van der Waals surface area contributed by atoms with Crippen molar-refractivity contribution in [1.29, 1.82) is 0 Å². The second kappa shape index (κ2) is 6.09.